The zero-order valence-electron chi connectivity index (χ0n) is 10.4. The van der Waals surface area contributed by atoms with Gasteiger partial charge in [0.2, 0.25) is 0 Å². The van der Waals surface area contributed by atoms with Crippen LogP contribution >= 0.6 is 0 Å². The molecule has 0 aliphatic carbocycles. The van der Waals surface area contributed by atoms with E-state index in [1.165, 1.54) is 12.1 Å². The molecule has 1 aromatic carbocycles. The van der Waals surface area contributed by atoms with E-state index in [0.29, 0.717) is 0 Å². The molecule has 0 saturated carbocycles. The fraction of sp³-hybridized carbons (Fsp3) is 0.417. The SMILES string of the molecule is CC(C)(CO)NC(=O)c1ccc(OC(F)(F)F)cc1. The minimum absolute atomic E-state index is 0.177. The number of alkyl halides is 3. The number of carbonyl (C=O) groups excluding carboxylic acids is 1. The molecule has 0 spiro atoms. The van der Waals surface area contributed by atoms with E-state index in [2.05, 4.69) is 10.1 Å². The van der Waals surface area contributed by atoms with Crippen LogP contribution in [0, 0.1) is 0 Å². The van der Waals surface area contributed by atoms with E-state index in [4.69, 9.17) is 5.11 Å². The van der Waals surface area contributed by atoms with E-state index in [1.54, 1.807) is 13.8 Å². The molecule has 1 aromatic rings. The zero-order valence-corrected chi connectivity index (χ0v) is 10.4. The van der Waals surface area contributed by atoms with E-state index in [9.17, 15) is 18.0 Å². The summed E-state index contributed by atoms with van der Waals surface area (Å²) in [7, 11) is 0. The Morgan fingerprint density at radius 1 is 1.26 bits per heavy atom. The summed E-state index contributed by atoms with van der Waals surface area (Å²) in [6.07, 6.45) is -4.76. The van der Waals surface area contributed by atoms with Crippen molar-refractivity contribution in [2.45, 2.75) is 25.7 Å². The number of aliphatic hydroxyl groups excluding tert-OH is 1. The number of rotatable bonds is 4. The van der Waals surface area contributed by atoms with Crippen molar-refractivity contribution < 1.29 is 27.8 Å². The van der Waals surface area contributed by atoms with Gasteiger partial charge < -0.3 is 15.2 Å². The van der Waals surface area contributed by atoms with Crippen LogP contribution in [0.1, 0.15) is 24.2 Å². The van der Waals surface area contributed by atoms with Crippen molar-refractivity contribution >= 4 is 5.91 Å². The fourth-order valence-electron chi connectivity index (χ4n) is 1.23. The van der Waals surface area contributed by atoms with Gasteiger partial charge >= 0.3 is 6.36 Å². The second-order valence-corrected chi connectivity index (χ2v) is 4.57. The smallest absolute Gasteiger partial charge is 0.406 e. The maximum absolute atomic E-state index is 11.9. The number of carbonyl (C=O) groups is 1. The quantitative estimate of drug-likeness (QED) is 0.886. The van der Waals surface area contributed by atoms with Crippen molar-refractivity contribution in [1.29, 1.82) is 0 Å². The van der Waals surface area contributed by atoms with Crippen LogP contribution in [-0.2, 0) is 0 Å². The summed E-state index contributed by atoms with van der Waals surface area (Å²) in [6, 6.07) is 4.52. The number of hydrogen-bond acceptors (Lipinski definition) is 3. The molecule has 7 heteroatoms. The molecule has 0 bridgehead atoms. The molecule has 4 nitrogen and oxygen atoms in total. The highest BCUT2D eigenvalue weighted by Crippen LogP contribution is 2.22. The maximum atomic E-state index is 11.9. The number of amides is 1. The van der Waals surface area contributed by atoms with Crippen molar-refractivity contribution in [3.8, 4) is 5.75 Å². The van der Waals surface area contributed by atoms with Gasteiger partial charge in [-0.1, -0.05) is 0 Å². The van der Waals surface area contributed by atoms with E-state index in [1.807, 2.05) is 0 Å². The van der Waals surface area contributed by atoms with Gasteiger partial charge in [-0.3, -0.25) is 4.79 Å². The normalized spacial score (nSPS) is 12.1. The summed E-state index contributed by atoms with van der Waals surface area (Å²) in [5.74, 6) is -0.886. The average molecular weight is 277 g/mol. The molecule has 0 aliphatic heterocycles. The van der Waals surface area contributed by atoms with Crippen LogP contribution in [0.15, 0.2) is 24.3 Å². The second-order valence-electron chi connectivity index (χ2n) is 4.57. The van der Waals surface area contributed by atoms with E-state index in [0.717, 1.165) is 12.1 Å². The van der Waals surface area contributed by atoms with Crippen LogP contribution in [0.3, 0.4) is 0 Å². The molecule has 1 amide bonds. The molecule has 0 aliphatic rings. The highest BCUT2D eigenvalue weighted by molar-refractivity contribution is 5.94. The number of nitrogens with one attached hydrogen (secondary N) is 1. The Hall–Kier alpha value is -1.76. The van der Waals surface area contributed by atoms with Gasteiger partial charge in [-0.2, -0.15) is 0 Å². The Kier molecular flexibility index (Phi) is 4.41. The molecular weight excluding hydrogens is 263 g/mol. The summed E-state index contributed by atoms with van der Waals surface area (Å²) in [6.45, 7) is 2.98. The van der Waals surface area contributed by atoms with Crippen molar-refractivity contribution in [1.82, 2.24) is 5.32 Å². The molecule has 0 atom stereocenters. The van der Waals surface area contributed by atoms with Gasteiger partial charge in [0.05, 0.1) is 12.1 Å². The van der Waals surface area contributed by atoms with Crippen molar-refractivity contribution in [2.75, 3.05) is 6.61 Å². The molecule has 0 unspecified atom stereocenters. The summed E-state index contributed by atoms with van der Waals surface area (Å²) < 4.78 is 39.5. The lowest BCUT2D eigenvalue weighted by Crippen LogP contribution is -2.46. The van der Waals surface area contributed by atoms with Crippen LogP contribution < -0.4 is 10.1 Å². The van der Waals surface area contributed by atoms with Crippen LogP contribution in [0.25, 0.3) is 0 Å². The topological polar surface area (TPSA) is 58.6 Å². The second kappa shape index (κ2) is 5.48. The molecule has 19 heavy (non-hydrogen) atoms. The summed E-state index contributed by atoms with van der Waals surface area (Å²) in [5.41, 5.74) is -0.630. The van der Waals surface area contributed by atoms with Crippen LogP contribution in [0.4, 0.5) is 13.2 Å². The molecule has 0 radical (unpaired) electrons. The number of aliphatic hydroxyl groups is 1. The predicted octanol–water partition coefficient (Wildman–Crippen LogP) is 2.09. The average Bonchev–Trinajstić information content (AvgIpc) is 2.27. The van der Waals surface area contributed by atoms with Crippen LogP contribution in [0.2, 0.25) is 0 Å². The van der Waals surface area contributed by atoms with Crippen molar-refractivity contribution in [3.63, 3.8) is 0 Å². The standard InChI is InChI=1S/C12H14F3NO3/c1-11(2,7-17)16-10(18)8-3-5-9(6-4-8)19-12(13,14)15/h3-6,17H,7H2,1-2H3,(H,16,18). The minimum atomic E-state index is -4.76. The van der Waals surface area contributed by atoms with Crippen molar-refractivity contribution in [3.05, 3.63) is 29.8 Å². The minimum Gasteiger partial charge on any atom is -0.406 e. The number of ether oxygens (including phenoxy) is 1. The third-order valence-electron chi connectivity index (χ3n) is 2.20. The Morgan fingerprint density at radius 2 is 1.79 bits per heavy atom. The highest BCUT2D eigenvalue weighted by Gasteiger charge is 2.31. The van der Waals surface area contributed by atoms with Gasteiger partial charge in [0, 0.05) is 5.56 Å². The molecule has 2 N–H and O–H groups in total. The first-order chi connectivity index (χ1) is 8.63. The number of benzene rings is 1. The molecule has 0 heterocycles. The largest absolute Gasteiger partial charge is 0.573 e. The Bertz CT molecular complexity index is 441. The van der Waals surface area contributed by atoms with E-state index in [-0.39, 0.29) is 12.2 Å². The van der Waals surface area contributed by atoms with Crippen LogP contribution in [-0.4, -0.2) is 29.5 Å². The highest BCUT2D eigenvalue weighted by atomic mass is 19.4. The van der Waals surface area contributed by atoms with Crippen molar-refractivity contribution in [2.24, 2.45) is 0 Å². The third-order valence-corrected chi connectivity index (χ3v) is 2.20. The van der Waals surface area contributed by atoms with Gasteiger partial charge in [0.25, 0.3) is 5.91 Å². The summed E-state index contributed by atoms with van der Waals surface area (Å²) >= 11 is 0. The Morgan fingerprint density at radius 3 is 2.21 bits per heavy atom. The number of hydrogen-bond donors (Lipinski definition) is 2. The van der Waals surface area contributed by atoms with E-state index >= 15 is 0 Å². The fourth-order valence-corrected chi connectivity index (χ4v) is 1.23. The van der Waals surface area contributed by atoms with Crippen LogP contribution in [0.5, 0.6) is 5.75 Å². The predicted molar refractivity (Wildman–Crippen MR) is 61.8 cm³/mol. The lowest BCUT2D eigenvalue weighted by molar-refractivity contribution is -0.274. The lowest BCUT2D eigenvalue weighted by atomic mass is 10.1. The first-order valence-corrected chi connectivity index (χ1v) is 5.42. The Labute approximate surface area is 108 Å². The van der Waals surface area contributed by atoms with Gasteiger partial charge in [-0.15, -0.1) is 13.2 Å². The monoisotopic (exact) mass is 277 g/mol. The van der Waals surface area contributed by atoms with E-state index < -0.39 is 23.6 Å². The molecule has 0 fully saturated rings. The first-order valence-electron chi connectivity index (χ1n) is 5.42. The lowest BCUT2D eigenvalue weighted by Gasteiger charge is -2.23. The van der Waals surface area contributed by atoms with Gasteiger partial charge in [0.1, 0.15) is 5.75 Å². The summed E-state index contributed by atoms with van der Waals surface area (Å²) in [5, 5.41) is 11.5. The molecule has 106 valence electrons. The Balaban J connectivity index is 2.74. The molecule has 0 aromatic heterocycles. The van der Waals surface area contributed by atoms with Gasteiger partial charge in [0.15, 0.2) is 0 Å². The van der Waals surface area contributed by atoms with Gasteiger partial charge in [-0.05, 0) is 38.1 Å². The molecule has 1 rings (SSSR count). The number of halogens is 3. The zero-order chi connectivity index (χ0) is 14.7. The first kappa shape index (κ1) is 15.3. The maximum Gasteiger partial charge on any atom is 0.573 e. The third kappa shape index (κ3) is 5.17. The van der Waals surface area contributed by atoms with Gasteiger partial charge in [-0.25, -0.2) is 0 Å². The molecular formula is C12H14F3NO3. The summed E-state index contributed by atoms with van der Waals surface area (Å²) in [4.78, 5) is 11.7. The molecule has 0 saturated heterocycles.